The minimum Gasteiger partial charge on any atom is -0.480 e. The van der Waals surface area contributed by atoms with Gasteiger partial charge in [-0.25, -0.2) is 4.79 Å². The molecule has 1 unspecified atom stereocenters. The number of carboxylic acids is 1. The van der Waals surface area contributed by atoms with Crippen LogP contribution in [0.1, 0.15) is 18.9 Å². The van der Waals surface area contributed by atoms with Crippen LogP contribution < -0.4 is 5.32 Å². The Hall–Kier alpha value is -2.11. The van der Waals surface area contributed by atoms with Crippen molar-refractivity contribution in [2.24, 2.45) is 0 Å². The molecular formula is C11H14N2O4. The molecule has 0 aliphatic rings. The van der Waals surface area contributed by atoms with Crippen molar-refractivity contribution in [3.05, 3.63) is 33.9 Å². The molecule has 0 spiro atoms. The van der Waals surface area contributed by atoms with Gasteiger partial charge < -0.3 is 10.4 Å². The molecule has 0 aliphatic heterocycles. The number of rotatable bonds is 5. The summed E-state index contributed by atoms with van der Waals surface area (Å²) in [5.74, 6) is -0.974. The van der Waals surface area contributed by atoms with Gasteiger partial charge in [0.25, 0.3) is 5.69 Å². The highest BCUT2D eigenvalue weighted by Gasteiger charge is 2.18. The van der Waals surface area contributed by atoms with E-state index in [1.807, 2.05) is 0 Å². The molecule has 1 atom stereocenters. The molecule has 1 aromatic carbocycles. The third-order valence-corrected chi connectivity index (χ3v) is 2.54. The number of nitro benzene ring substituents is 1. The summed E-state index contributed by atoms with van der Waals surface area (Å²) in [6.07, 6.45) is 0.400. The standard InChI is InChI=1S/C11H14N2O4/c1-3-8(11(14)15)12-9-5-4-6-10(7(9)2)13(16)17/h4-6,8,12H,3H2,1-2H3,(H,14,15). The lowest BCUT2D eigenvalue weighted by Crippen LogP contribution is -2.28. The zero-order valence-electron chi connectivity index (χ0n) is 9.64. The van der Waals surface area contributed by atoms with Gasteiger partial charge in [-0.2, -0.15) is 0 Å². The number of carbonyl (C=O) groups is 1. The van der Waals surface area contributed by atoms with Gasteiger partial charge in [0, 0.05) is 17.3 Å². The fourth-order valence-corrected chi connectivity index (χ4v) is 1.50. The number of benzene rings is 1. The number of anilines is 1. The van der Waals surface area contributed by atoms with Crippen LogP contribution in [0.2, 0.25) is 0 Å². The van der Waals surface area contributed by atoms with E-state index in [-0.39, 0.29) is 5.69 Å². The van der Waals surface area contributed by atoms with Gasteiger partial charge in [0.1, 0.15) is 6.04 Å². The van der Waals surface area contributed by atoms with E-state index < -0.39 is 16.9 Å². The van der Waals surface area contributed by atoms with Crippen molar-refractivity contribution in [1.82, 2.24) is 0 Å². The van der Waals surface area contributed by atoms with Gasteiger partial charge in [-0.1, -0.05) is 13.0 Å². The van der Waals surface area contributed by atoms with Crippen LogP contribution in [-0.4, -0.2) is 22.0 Å². The third-order valence-electron chi connectivity index (χ3n) is 2.54. The van der Waals surface area contributed by atoms with Crippen molar-refractivity contribution < 1.29 is 14.8 Å². The SMILES string of the molecule is CCC(Nc1cccc([N+](=O)[O-])c1C)C(=O)O. The van der Waals surface area contributed by atoms with Gasteiger partial charge in [0.2, 0.25) is 0 Å². The molecule has 0 fully saturated rings. The molecule has 6 heteroatoms. The number of nitrogens with zero attached hydrogens (tertiary/aromatic N) is 1. The molecule has 0 aliphatic carbocycles. The molecule has 0 amide bonds. The molecule has 0 saturated heterocycles. The first-order valence-corrected chi connectivity index (χ1v) is 5.20. The Labute approximate surface area is 98.4 Å². The zero-order chi connectivity index (χ0) is 13.0. The Balaban J connectivity index is 3.03. The molecule has 1 rings (SSSR count). The smallest absolute Gasteiger partial charge is 0.326 e. The molecule has 17 heavy (non-hydrogen) atoms. The van der Waals surface area contributed by atoms with Gasteiger partial charge in [0.15, 0.2) is 0 Å². The molecule has 1 aromatic rings. The molecule has 0 aromatic heterocycles. The van der Waals surface area contributed by atoms with E-state index in [9.17, 15) is 14.9 Å². The van der Waals surface area contributed by atoms with Crippen LogP contribution in [-0.2, 0) is 4.79 Å². The average molecular weight is 238 g/mol. The van der Waals surface area contributed by atoms with Gasteiger partial charge in [-0.3, -0.25) is 10.1 Å². The predicted octanol–water partition coefficient (Wildman–Crippen LogP) is 2.18. The van der Waals surface area contributed by atoms with E-state index in [1.165, 1.54) is 12.1 Å². The summed E-state index contributed by atoms with van der Waals surface area (Å²) in [6, 6.07) is 3.81. The second-order valence-electron chi connectivity index (χ2n) is 3.65. The summed E-state index contributed by atoms with van der Waals surface area (Å²) in [5, 5.41) is 22.4. The molecule has 0 bridgehead atoms. The normalized spacial score (nSPS) is 11.9. The van der Waals surface area contributed by atoms with Crippen molar-refractivity contribution in [2.45, 2.75) is 26.3 Å². The fraction of sp³-hybridized carbons (Fsp3) is 0.364. The summed E-state index contributed by atoms with van der Waals surface area (Å²) in [4.78, 5) is 21.1. The van der Waals surface area contributed by atoms with Crippen molar-refractivity contribution in [1.29, 1.82) is 0 Å². The lowest BCUT2D eigenvalue weighted by Gasteiger charge is -2.15. The Bertz CT molecular complexity index is 445. The fourth-order valence-electron chi connectivity index (χ4n) is 1.50. The van der Waals surface area contributed by atoms with Crippen molar-refractivity contribution >= 4 is 17.3 Å². The van der Waals surface area contributed by atoms with Gasteiger partial charge in [0.05, 0.1) is 4.92 Å². The van der Waals surface area contributed by atoms with Crippen molar-refractivity contribution in [2.75, 3.05) is 5.32 Å². The number of nitro groups is 1. The lowest BCUT2D eigenvalue weighted by atomic mass is 10.1. The molecule has 0 heterocycles. The zero-order valence-corrected chi connectivity index (χ0v) is 9.64. The Morgan fingerprint density at radius 2 is 2.24 bits per heavy atom. The topological polar surface area (TPSA) is 92.5 Å². The minimum atomic E-state index is -0.974. The Morgan fingerprint density at radius 1 is 1.59 bits per heavy atom. The first kappa shape index (κ1) is 13.0. The van der Waals surface area contributed by atoms with Crippen LogP contribution in [0.25, 0.3) is 0 Å². The third kappa shape index (κ3) is 2.93. The van der Waals surface area contributed by atoms with Gasteiger partial charge >= 0.3 is 5.97 Å². The van der Waals surface area contributed by atoms with Crippen LogP contribution in [0, 0.1) is 17.0 Å². The first-order chi connectivity index (χ1) is 7.97. The minimum absolute atomic E-state index is 0.0183. The van der Waals surface area contributed by atoms with Crippen LogP contribution in [0.4, 0.5) is 11.4 Å². The summed E-state index contributed by atoms with van der Waals surface area (Å²) in [6.45, 7) is 3.33. The van der Waals surface area contributed by atoms with Crippen LogP contribution in [0.15, 0.2) is 18.2 Å². The maximum Gasteiger partial charge on any atom is 0.326 e. The van der Waals surface area contributed by atoms with Crippen LogP contribution in [0.5, 0.6) is 0 Å². The predicted molar refractivity (Wildman–Crippen MR) is 63.2 cm³/mol. The van der Waals surface area contributed by atoms with E-state index in [0.717, 1.165) is 0 Å². The maximum absolute atomic E-state index is 10.9. The second-order valence-corrected chi connectivity index (χ2v) is 3.65. The number of carboxylic acid groups (broad SMARTS) is 1. The van der Waals surface area contributed by atoms with E-state index in [1.54, 1.807) is 19.9 Å². The summed E-state index contributed by atoms with van der Waals surface area (Å²) < 4.78 is 0. The molecule has 2 N–H and O–H groups in total. The molecule has 0 radical (unpaired) electrons. The van der Waals surface area contributed by atoms with Crippen molar-refractivity contribution in [3.8, 4) is 0 Å². The molecule has 92 valence electrons. The highest BCUT2D eigenvalue weighted by atomic mass is 16.6. The van der Waals surface area contributed by atoms with E-state index in [2.05, 4.69) is 5.32 Å². The average Bonchev–Trinajstić information content (AvgIpc) is 2.26. The molecular weight excluding hydrogens is 224 g/mol. The van der Waals surface area contributed by atoms with E-state index in [4.69, 9.17) is 5.11 Å². The Morgan fingerprint density at radius 3 is 2.71 bits per heavy atom. The number of nitrogens with one attached hydrogen (secondary N) is 1. The number of aliphatic carboxylic acids is 1. The van der Waals surface area contributed by atoms with Gasteiger partial charge in [-0.15, -0.1) is 0 Å². The highest BCUT2D eigenvalue weighted by Crippen LogP contribution is 2.25. The lowest BCUT2D eigenvalue weighted by molar-refractivity contribution is -0.385. The number of hydrogen-bond acceptors (Lipinski definition) is 4. The van der Waals surface area contributed by atoms with Crippen LogP contribution >= 0.6 is 0 Å². The summed E-state index contributed by atoms with van der Waals surface area (Å²) >= 11 is 0. The Kier molecular flexibility index (Phi) is 4.03. The quantitative estimate of drug-likeness (QED) is 0.605. The summed E-state index contributed by atoms with van der Waals surface area (Å²) in [5.41, 5.74) is 0.904. The summed E-state index contributed by atoms with van der Waals surface area (Å²) in [7, 11) is 0. The van der Waals surface area contributed by atoms with Gasteiger partial charge in [-0.05, 0) is 19.4 Å². The molecule has 0 saturated carbocycles. The van der Waals surface area contributed by atoms with Crippen molar-refractivity contribution in [3.63, 3.8) is 0 Å². The van der Waals surface area contributed by atoms with E-state index >= 15 is 0 Å². The largest absolute Gasteiger partial charge is 0.480 e. The second kappa shape index (κ2) is 5.29. The highest BCUT2D eigenvalue weighted by molar-refractivity contribution is 5.78. The molecule has 6 nitrogen and oxygen atoms in total. The monoisotopic (exact) mass is 238 g/mol. The maximum atomic E-state index is 10.9. The van der Waals surface area contributed by atoms with Crippen LogP contribution in [0.3, 0.4) is 0 Å². The van der Waals surface area contributed by atoms with E-state index in [0.29, 0.717) is 17.7 Å². The number of hydrogen-bond donors (Lipinski definition) is 2. The first-order valence-electron chi connectivity index (χ1n) is 5.20.